The number of methoxy groups -OCH3 is 1. The number of rotatable bonds is 7. The fourth-order valence-electron chi connectivity index (χ4n) is 3.05. The Bertz CT molecular complexity index is 640. The molecule has 1 aromatic rings. The lowest BCUT2D eigenvalue weighted by Gasteiger charge is -2.33. The van der Waals surface area contributed by atoms with Crippen molar-refractivity contribution in [1.82, 2.24) is 4.90 Å². The van der Waals surface area contributed by atoms with E-state index >= 15 is 0 Å². The summed E-state index contributed by atoms with van der Waals surface area (Å²) >= 11 is 0. The van der Waals surface area contributed by atoms with Crippen LogP contribution in [-0.4, -0.2) is 48.9 Å². The summed E-state index contributed by atoms with van der Waals surface area (Å²) in [5.74, 6) is -1.74. The lowest BCUT2D eigenvalue weighted by molar-refractivity contribution is -0.145. The van der Waals surface area contributed by atoms with Crippen LogP contribution in [0.2, 0.25) is 0 Å². The molecule has 1 heterocycles. The number of nitrogens with zero attached hydrogens (tertiary/aromatic N) is 1. The molecular weight excluding hydrogens is 345 g/mol. The van der Waals surface area contributed by atoms with Crippen LogP contribution in [0.25, 0.3) is 0 Å². The topological polar surface area (TPSA) is 82.1 Å². The predicted octanol–water partition coefficient (Wildman–Crippen LogP) is 3.06. The van der Waals surface area contributed by atoms with Crippen LogP contribution < -0.4 is 0 Å². The fraction of sp³-hybridized carbons (Fsp3) is 0.529. The smallest absolute Gasteiger partial charge is 0.352 e. The number of benzene rings is 1. The largest absolute Gasteiger partial charge is 0.467 e. The summed E-state index contributed by atoms with van der Waals surface area (Å²) in [6.45, 7) is 3.79. The Kier molecular flexibility index (Phi) is 6.76. The standard InChI is InChI=1S/C17H24NO6P/c1-4-23-25(21,24-5-2)15-12-11-14(17(20)22-3)18(15)16(19)13-9-7-6-8-10-13/h6-10,14-15H,4-5,11-12H2,1-3H3/t14-,15-/m0/s1. The van der Waals surface area contributed by atoms with Gasteiger partial charge in [0.05, 0.1) is 20.3 Å². The lowest BCUT2D eigenvalue weighted by Crippen LogP contribution is -2.45. The molecule has 0 radical (unpaired) electrons. The molecule has 1 saturated heterocycles. The fourth-order valence-corrected chi connectivity index (χ4v) is 5.22. The number of amides is 1. The van der Waals surface area contributed by atoms with Gasteiger partial charge >= 0.3 is 13.6 Å². The van der Waals surface area contributed by atoms with Crippen molar-refractivity contribution in [1.29, 1.82) is 0 Å². The third-order valence-corrected chi connectivity index (χ3v) is 6.54. The van der Waals surface area contributed by atoms with Crippen LogP contribution in [0.3, 0.4) is 0 Å². The van der Waals surface area contributed by atoms with Crippen LogP contribution in [0.5, 0.6) is 0 Å². The summed E-state index contributed by atoms with van der Waals surface area (Å²) in [5, 5.41) is 0. The highest BCUT2D eigenvalue weighted by Gasteiger charge is 2.51. The van der Waals surface area contributed by atoms with E-state index in [1.165, 1.54) is 12.0 Å². The molecule has 1 aliphatic heterocycles. The predicted molar refractivity (Wildman–Crippen MR) is 92.3 cm³/mol. The molecule has 0 N–H and O–H groups in total. The zero-order valence-corrected chi connectivity index (χ0v) is 15.6. The minimum Gasteiger partial charge on any atom is -0.467 e. The SMILES string of the molecule is CCOP(=O)(OCC)[C@H]1CC[C@@H](C(=O)OC)N1C(=O)c1ccccc1. The molecule has 0 aliphatic carbocycles. The molecule has 0 saturated carbocycles. The number of hydrogen-bond acceptors (Lipinski definition) is 6. The number of ether oxygens (including phenoxy) is 1. The van der Waals surface area contributed by atoms with Gasteiger partial charge in [-0.3, -0.25) is 9.36 Å². The van der Waals surface area contributed by atoms with Crippen molar-refractivity contribution in [3.8, 4) is 0 Å². The molecule has 1 amide bonds. The molecule has 2 atom stereocenters. The number of carbonyl (C=O) groups excluding carboxylic acids is 2. The van der Waals surface area contributed by atoms with Crippen molar-refractivity contribution in [3.63, 3.8) is 0 Å². The second-order valence-corrected chi connectivity index (χ2v) is 7.74. The summed E-state index contributed by atoms with van der Waals surface area (Å²) in [4.78, 5) is 26.5. The van der Waals surface area contributed by atoms with Gasteiger partial charge in [0.1, 0.15) is 11.8 Å². The Morgan fingerprint density at radius 1 is 1.12 bits per heavy atom. The van der Waals surface area contributed by atoms with Crippen LogP contribution in [-0.2, 0) is 23.1 Å². The highest BCUT2D eigenvalue weighted by Crippen LogP contribution is 2.58. The first-order chi connectivity index (χ1) is 12.0. The van der Waals surface area contributed by atoms with E-state index < -0.39 is 31.3 Å². The maximum absolute atomic E-state index is 13.2. The number of hydrogen-bond donors (Lipinski definition) is 0. The van der Waals surface area contributed by atoms with Crippen LogP contribution in [0, 0.1) is 0 Å². The van der Waals surface area contributed by atoms with Crippen LogP contribution in [0.4, 0.5) is 0 Å². The highest BCUT2D eigenvalue weighted by atomic mass is 31.2. The van der Waals surface area contributed by atoms with E-state index in [1.54, 1.807) is 44.2 Å². The first kappa shape index (κ1) is 19.6. The molecule has 2 rings (SSSR count). The third-order valence-electron chi connectivity index (χ3n) is 4.07. The first-order valence-electron chi connectivity index (χ1n) is 8.32. The van der Waals surface area contributed by atoms with E-state index in [1.807, 2.05) is 0 Å². The number of carbonyl (C=O) groups is 2. The molecular formula is C17H24NO6P. The maximum Gasteiger partial charge on any atom is 0.352 e. The van der Waals surface area contributed by atoms with Gasteiger partial charge in [-0.2, -0.15) is 0 Å². The van der Waals surface area contributed by atoms with Crippen LogP contribution in [0.1, 0.15) is 37.0 Å². The second kappa shape index (κ2) is 8.61. The van der Waals surface area contributed by atoms with Gasteiger partial charge in [-0.05, 0) is 38.8 Å². The first-order valence-corrected chi connectivity index (χ1v) is 9.94. The average Bonchev–Trinajstić information content (AvgIpc) is 3.07. The molecule has 0 spiro atoms. The summed E-state index contributed by atoms with van der Waals surface area (Å²) in [7, 11) is -2.32. The van der Waals surface area contributed by atoms with Crippen molar-refractivity contribution in [2.45, 2.75) is 38.5 Å². The lowest BCUT2D eigenvalue weighted by atomic mass is 10.1. The van der Waals surface area contributed by atoms with Gasteiger partial charge in [0, 0.05) is 5.56 Å². The minimum atomic E-state index is -3.59. The average molecular weight is 369 g/mol. The van der Waals surface area contributed by atoms with Crippen molar-refractivity contribution >= 4 is 19.5 Å². The van der Waals surface area contributed by atoms with Gasteiger partial charge in [0.25, 0.3) is 5.91 Å². The van der Waals surface area contributed by atoms with Gasteiger partial charge in [-0.1, -0.05) is 18.2 Å². The summed E-state index contributed by atoms with van der Waals surface area (Å²) in [6.07, 6.45) is 0.690. The van der Waals surface area contributed by atoms with Gasteiger partial charge < -0.3 is 18.7 Å². The van der Waals surface area contributed by atoms with E-state index in [-0.39, 0.29) is 13.2 Å². The molecule has 0 bridgehead atoms. The molecule has 7 nitrogen and oxygen atoms in total. The highest BCUT2D eigenvalue weighted by molar-refractivity contribution is 7.54. The summed E-state index contributed by atoms with van der Waals surface area (Å²) in [6, 6.07) is 7.75. The van der Waals surface area contributed by atoms with Gasteiger partial charge in [-0.25, -0.2) is 4.79 Å². The van der Waals surface area contributed by atoms with Gasteiger partial charge in [-0.15, -0.1) is 0 Å². The zero-order valence-electron chi connectivity index (χ0n) is 14.7. The van der Waals surface area contributed by atoms with Gasteiger partial charge in [0.2, 0.25) is 0 Å². The van der Waals surface area contributed by atoms with Crippen molar-refractivity contribution in [2.24, 2.45) is 0 Å². The monoisotopic (exact) mass is 369 g/mol. The molecule has 1 aliphatic rings. The molecule has 138 valence electrons. The van der Waals surface area contributed by atoms with Crippen molar-refractivity contribution in [2.75, 3.05) is 20.3 Å². The van der Waals surface area contributed by atoms with E-state index in [0.29, 0.717) is 18.4 Å². The van der Waals surface area contributed by atoms with Crippen LogP contribution in [0.15, 0.2) is 30.3 Å². The van der Waals surface area contributed by atoms with E-state index in [4.69, 9.17) is 13.8 Å². The molecule has 0 aromatic heterocycles. The van der Waals surface area contributed by atoms with E-state index in [0.717, 1.165) is 0 Å². The van der Waals surface area contributed by atoms with Crippen molar-refractivity contribution in [3.05, 3.63) is 35.9 Å². The summed E-state index contributed by atoms with van der Waals surface area (Å²) < 4.78 is 28.9. The Labute approximate surface area is 147 Å². The normalized spacial score (nSPS) is 20.5. The molecule has 8 heteroatoms. The third kappa shape index (κ3) is 4.11. The maximum atomic E-state index is 13.2. The summed E-state index contributed by atoms with van der Waals surface area (Å²) in [5.41, 5.74) is 0.405. The Morgan fingerprint density at radius 2 is 1.72 bits per heavy atom. The molecule has 1 fully saturated rings. The Hall–Kier alpha value is -1.69. The van der Waals surface area contributed by atoms with E-state index in [2.05, 4.69) is 0 Å². The Morgan fingerprint density at radius 3 is 2.24 bits per heavy atom. The number of esters is 1. The van der Waals surface area contributed by atoms with Crippen LogP contribution >= 0.6 is 7.60 Å². The number of likely N-dealkylation sites (tertiary alicyclic amines) is 1. The quantitative estimate of drug-likeness (QED) is 0.543. The van der Waals surface area contributed by atoms with Crippen molar-refractivity contribution < 1.29 is 27.9 Å². The van der Waals surface area contributed by atoms with E-state index in [9.17, 15) is 14.2 Å². The Balaban J connectivity index is 2.42. The zero-order chi connectivity index (χ0) is 18.4. The molecule has 1 aromatic carbocycles. The second-order valence-electron chi connectivity index (χ2n) is 5.55. The minimum absolute atomic E-state index is 0.185. The molecule has 0 unspecified atom stereocenters. The van der Waals surface area contributed by atoms with Gasteiger partial charge in [0.15, 0.2) is 0 Å². The molecule has 25 heavy (non-hydrogen) atoms.